The Kier molecular flexibility index (Phi) is 2.76. The largest absolute Gasteiger partial charge is 0.386 e. The van der Waals surface area contributed by atoms with Crippen LogP contribution < -0.4 is 5.73 Å². The average Bonchev–Trinajstić information content (AvgIpc) is 1.65. The van der Waals surface area contributed by atoms with Gasteiger partial charge in [0.25, 0.3) is 0 Å². The van der Waals surface area contributed by atoms with Crippen molar-refractivity contribution in [3.63, 3.8) is 0 Å². The SMILES string of the molecule is CN=C(N)[C@H](C)Cl. The molecule has 0 aromatic heterocycles. The summed E-state index contributed by atoms with van der Waals surface area (Å²) in [6.07, 6.45) is 0. The van der Waals surface area contributed by atoms with Crippen molar-refractivity contribution in [1.82, 2.24) is 0 Å². The molecular formula is C4H9ClN2. The van der Waals surface area contributed by atoms with Crippen molar-refractivity contribution < 1.29 is 0 Å². The lowest BCUT2D eigenvalue weighted by atomic mass is 10.4. The van der Waals surface area contributed by atoms with Gasteiger partial charge in [-0.25, -0.2) is 0 Å². The maximum Gasteiger partial charge on any atom is 0.111 e. The third-order valence-electron chi connectivity index (χ3n) is 0.666. The van der Waals surface area contributed by atoms with Gasteiger partial charge in [0.1, 0.15) is 5.84 Å². The van der Waals surface area contributed by atoms with Crippen molar-refractivity contribution in [2.45, 2.75) is 12.3 Å². The molecule has 0 aromatic rings. The zero-order chi connectivity index (χ0) is 5.86. The second-order valence-electron chi connectivity index (χ2n) is 1.26. The lowest BCUT2D eigenvalue weighted by Gasteiger charge is -1.96. The Labute approximate surface area is 48.4 Å². The normalized spacial score (nSPS) is 16.7. The standard InChI is InChI=1S/C4H9ClN2/c1-3(5)4(6)7-2/h3H,1-2H3,(H2,6,7)/t3-/m0/s1. The van der Waals surface area contributed by atoms with Crippen LogP contribution in [-0.4, -0.2) is 18.3 Å². The monoisotopic (exact) mass is 120 g/mol. The summed E-state index contributed by atoms with van der Waals surface area (Å²) in [6, 6.07) is 0. The van der Waals surface area contributed by atoms with Gasteiger partial charge in [-0.1, -0.05) is 0 Å². The molecule has 0 spiro atoms. The molecule has 0 unspecified atom stereocenters. The first-order valence-electron chi connectivity index (χ1n) is 2.04. The van der Waals surface area contributed by atoms with Gasteiger partial charge in [-0.15, -0.1) is 11.6 Å². The zero-order valence-corrected chi connectivity index (χ0v) is 5.24. The first-order valence-corrected chi connectivity index (χ1v) is 2.48. The maximum atomic E-state index is 5.47. The minimum Gasteiger partial charge on any atom is -0.386 e. The first kappa shape index (κ1) is 6.76. The summed E-state index contributed by atoms with van der Waals surface area (Å²) in [7, 11) is 1.62. The number of halogens is 1. The number of alkyl halides is 1. The highest BCUT2D eigenvalue weighted by Crippen LogP contribution is 1.90. The average molecular weight is 121 g/mol. The van der Waals surface area contributed by atoms with Crippen molar-refractivity contribution in [2.75, 3.05) is 7.05 Å². The van der Waals surface area contributed by atoms with Gasteiger partial charge in [0, 0.05) is 7.05 Å². The van der Waals surface area contributed by atoms with Crippen LogP contribution in [0.3, 0.4) is 0 Å². The predicted octanol–water partition coefficient (Wildman–Crippen LogP) is 0.601. The number of amidine groups is 1. The van der Waals surface area contributed by atoms with E-state index in [4.69, 9.17) is 17.3 Å². The fraction of sp³-hybridized carbons (Fsp3) is 0.750. The second-order valence-corrected chi connectivity index (χ2v) is 1.92. The van der Waals surface area contributed by atoms with Crippen molar-refractivity contribution >= 4 is 17.4 Å². The van der Waals surface area contributed by atoms with Crippen LogP contribution in [0, 0.1) is 0 Å². The molecule has 1 atom stereocenters. The molecular weight excluding hydrogens is 112 g/mol. The Hall–Kier alpha value is -0.240. The second kappa shape index (κ2) is 2.86. The van der Waals surface area contributed by atoms with Gasteiger partial charge in [-0.05, 0) is 6.92 Å². The van der Waals surface area contributed by atoms with E-state index in [0.717, 1.165) is 0 Å². The Morgan fingerprint density at radius 2 is 2.29 bits per heavy atom. The number of nitrogens with two attached hydrogens (primary N) is 1. The van der Waals surface area contributed by atoms with Gasteiger partial charge < -0.3 is 5.73 Å². The van der Waals surface area contributed by atoms with Gasteiger partial charge >= 0.3 is 0 Å². The van der Waals surface area contributed by atoms with Crippen LogP contribution in [0.25, 0.3) is 0 Å². The lowest BCUT2D eigenvalue weighted by Crippen LogP contribution is -2.20. The van der Waals surface area contributed by atoms with E-state index in [-0.39, 0.29) is 5.38 Å². The fourth-order valence-corrected chi connectivity index (χ4v) is 0.275. The molecule has 0 aliphatic heterocycles. The molecule has 0 aliphatic carbocycles. The molecule has 0 aromatic carbocycles. The Balaban J connectivity index is 3.56. The lowest BCUT2D eigenvalue weighted by molar-refractivity contribution is 1.22. The number of hydrogen-bond acceptors (Lipinski definition) is 1. The minimum atomic E-state index is -0.134. The van der Waals surface area contributed by atoms with E-state index in [9.17, 15) is 0 Å². The number of hydrogen-bond donors (Lipinski definition) is 1. The molecule has 0 heterocycles. The molecule has 0 fully saturated rings. The highest BCUT2D eigenvalue weighted by molar-refractivity contribution is 6.31. The summed E-state index contributed by atoms with van der Waals surface area (Å²) in [5.74, 6) is 0.488. The number of nitrogens with zero attached hydrogens (tertiary/aromatic N) is 1. The zero-order valence-electron chi connectivity index (χ0n) is 4.48. The van der Waals surface area contributed by atoms with Crippen LogP contribution in [0.15, 0.2) is 4.99 Å². The minimum absolute atomic E-state index is 0.134. The van der Waals surface area contributed by atoms with Gasteiger partial charge in [0.05, 0.1) is 5.38 Å². The third kappa shape index (κ3) is 2.45. The van der Waals surface area contributed by atoms with Gasteiger partial charge in [-0.2, -0.15) is 0 Å². The van der Waals surface area contributed by atoms with Crippen LogP contribution in [0.4, 0.5) is 0 Å². The van der Waals surface area contributed by atoms with Crippen LogP contribution in [0.5, 0.6) is 0 Å². The molecule has 0 saturated carbocycles. The third-order valence-corrected chi connectivity index (χ3v) is 0.889. The topological polar surface area (TPSA) is 38.4 Å². The summed E-state index contributed by atoms with van der Waals surface area (Å²) >= 11 is 5.47. The van der Waals surface area contributed by atoms with Crippen LogP contribution in [0.1, 0.15) is 6.92 Å². The predicted molar refractivity (Wildman–Crippen MR) is 32.9 cm³/mol. The van der Waals surface area contributed by atoms with E-state index in [2.05, 4.69) is 4.99 Å². The first-order chi connectivity index (χ1) is 3.18. The summed E-state index contributed by atoms with van der Waals surface area (Å²) in [4.78, 5) is 3.65. The quantitative estimate of drug-likeness (QED) is 0.307. The van der Waals surface area contributed by atoms with E-state index in [0.29, 0.717) is 5.84 Å². The molecule has 2 N–H and O–H groups in total. The molecule has 0 bridgehead atoms. The molecule has 0 aliphatic rings. The molecule has 42 valence electrons. The molecule has 0 radical (unpaired) electrons. The smallest absolute Gasteiger partial charge is 0.111 e. The van der Waals surface area contributed by atoms with Gasteiger partial charge in [-0.3, -0.25) is 4.99 Å². The molecule has 0 saturated heterocycles. The van der Waals surface area contributed by atoms with E-state index < -0.39 is 0 Å². The van der Waals surface area contributed by atoms with Crippen molar-refractivity contribution in [3.8, 4) is 0 Å². The van der Waals surface area contributed by atoms with Crippen LogP contribution in [0.2, 0.25) is 0 Å². The van der Waals surface area contributed by atoms with Crippen LogP contribution >= 0.6 is 11.6 Å². The summed E-state index contributed by atoms with van der Waals surface area (Å²) in [6.45, 7) is 1.78. The van der Waals surface area contributed by atoms with E-state index in [1.54, 1.807) is 14.0 Å². The summed E-state index contributed by atoms with van der Waals surface area (Å²) in [5, 5.41) is -0.134. The molecule has 2 nitrogen and oxygen atoms in total. The van der Waals surface area contributed by atoms with Crippen molar-refractivity contribution in [3.05, 3.63) is 0 Å². The Morgan fingerprint density at radius 1 is 1.86 bits per heavy atom. The molecule has 0 amide bonds. The van der Waals surface area contributed by atoms with E-state index >= 15 is 0 Å². The van der Waals surface area contributed by atoms with E-state index in [1.165, 1.54) is 0 Å². The van der Waals surface area contributed by atoms with Crippen molar-refractivity contribution in [1.29, 1.82) is 0 Å². The maximum absolute atomic E-state index is 5.47. The Bertz CT molecular complexity index is 77.8. The van der Waals surface area contributed by atoms with Crippen molar-refractivity contribution in [2.24, 2.45) is 10.7 Å². The van der Waals surface area contributed by atoms with Crippen LogP contribution in [-0.2, 0) is 0 Å². The summed E-state index contributed by atoms with van der Waals surface area (Å²) in [5.41, 5.74) is 5.23. The molecule has 3 heteroatoms. The number of rotatable bonds is 1. The fourth-order valence-electron chi connectivity index (χ4n) is 0.178. The highest BCUT2D eigenvalue weighted by atomic mass is 35.5. The van der Waals surface area contributed by atoms with E-state index in [1.807, 2.05) is 0 Å². The molecule has 0 rings (SSSR count). The summed E-state index contributed by atoms with van der Waals surface area (Å²) < 4.78 is 0. The Morgan fingerprint density at radius 3 is 2.29 bits per heavy atom. The van der Waals surface area contributed by atoms with Gasteiger partial charge in [0.15, 0.2) is 0 Å². The highest BCUT2D eigenvalue weighted by Gasteiger charge is 1.96. The molecule has 7 heavy (non-hydrogen) atoms. The number of aliphatic imine (C=N–C) groups is 1. The van der Waals surface area contributed by atoms with Gasteiger partial charge in [0.2, 0.25) is 0 Å².